The second-order valence-corrected chi connectivity index (χ2v) is 14.0. The molecule has 2 N–H and O–H groups in total. The molecule has 0 heterocycles. The maximum absolute atomic E-state index is 11.9. The van der Waals surface area contributed by atoms with E-state index in [2.05, 4.69) is 18.9 Å². The van der Waals surface area contributed by atoms with E-state index < -0.39 is 35.8 Å². The van der Waals surface area contributed by atoms with E-state index in [1.165, 1.54) is 98.9 Å². The van der Waals surface area contributed by atoms with Gasteiger partial charge in [0.1, 0.15) is 0 Å². The van der Waals surface area contributed by atoms with Gasteiger partial charge in [-0.2, -0.15) is 21.0 Å². The molecule has 0 radical (unpaired) electrons. The number of nitriles is 4. The Morgan fingerprint density at radius 2 is 0.574 bits per heavy atom. The number of aromatic carboxylic acids is 2. The fourth-order valence-corrected chi connectivity index (χ4v) is 5.49. The van der Waals surface area contributed by atoms with Crippen LogP contribution in [0.25, 0.3) is 0 Å². The summed E-state index contributed by atoms with van der Waals surface area (Å²) in [6, 6.07) is 25.1. The van der Waals surface area contributed by atoms with Gasteiger partial charge in [-0.15, -0.1) is 0 Å². The molecule has 20 heteroatoms. The van der Waals surface area contributed by atoms with Gasteiger partial charge >= 0.3 is 35.8 Å². The van der Waals surface area contributed by atoms with Crippen LogP contribution < -0.4 is 0 Å². The Balaban J connectivity index is 0.000000454. The van der Waals surface area contributed by atoms with Gasteiger partial charge in [-0.05, 0) is 95.1 Å². The van der Waals surface area contributed by atoms with Crippen molar-refractivity contribution in [2.24, 2.45) is 0 Å². The molecular weight excluding hydrogens is 885 g/mol. The van der Waals surface area contributed by atoms with Crippen molar-refractivity contribution in [2.45, 2.75) is 25.7 Å². The number of hydrogen-bond donors (Lipinski definition) is 2. The highest BCUT2D eigenvalue weighted by Gasteiger charge is 2.17. The first-order chi connectivity index (χ1) is 32.1. The van der Waals surface area contributed by atoms with Crippen molar-refractivity contribution in [3.05, 3.63) is 140 Å². The third-order valence-electron chi connectivity index (χ3n) is 8.59. The number of carbonyl (C=O) groups is 8. The van der Waals surface area contributed by atoms with Crippen LogP contribution in [0.2, 0.25) is 0 Å². The molecule has 2 amide bonds. The van der Waals surface area contributed by atoms with Crippen LogP contribution in [0, 0.1) is 45.3 Å². The second kappa shape index (κ2) is 28.4. The number of esters is 4. The lowest BCUT2D eigenvalue weighted by atomic mass is 10.0. The molecule has 4 rings (SSSR count). The van der Waals surface area contributed by atoms with Crippen LogP contribution in [0.1, 0.15) is 105 Å². The van der Waals surface area contributed by atoms with E-state index >= 15 is 0 Å². The molecule has 0 aliphatic heterocycles. The fraction of sp³-hybridized carbons (Fsp3) is 0.250. The number of carboxylic acids is 2. The van der Waals surface area contributed by atoms with E-state index in [-0.39, 0.29) is 76.4 Å². The van der Waals surface area contributed by atoms with Crippen molar-refractivity contribution in [1.82, 2.24) is 9.80 Å². The Labute approximate surface area is 391 Å². The Morgan fingerprint density at radius 3 is 0.779 bits per heavy atom. The lowest BCUT2D eigenvalue weighted by Gasteiger charge is -2.12. The van der Waals surface area contributed by atoms with Gasteiger partial charge in [0.25, 0.3) is 11.8 Å². The minimum absolute atomic E-state index is 0.0166. The standard InChI is InChI=1S/C13H14N2O3.C12H12N2O3.C12H11NO4.C11H9NO4/c1-15(2)12(16)10-6-9(4-5-14)7-11(8-10)13(17)18-3;1-14(2)11(15)9-5-8(3-4-13)6-10(7-9)12(16)17;1-16-11(14)9-5-8(3-4-13)6-10(7-9)12(15)17-2;1-16-11(15)9-5-7(2-3-12)4-8(6-9)10(13)14/h6-8H,4H2,1-3H3;5-7H,3H2,1-2H3,(H,16,17);5-7H,3H2,1-2H3;4-6H,2H2,1H3,(H,13,14). The van der Waals surface area contributed by atoms with E-state index in [1.807, 2.05) is 24.3 Å². The van der Waals surface area contributed by atoms with E-state index in [1.54, 1.807) is 40.3 Å². The van der Waals surface area contributed by atoms with E-state index in [9.17, 15) is 38.4 Å². The number of ether oxygens (including phenoxy) is 4. The summed E-state index contributed by atoms with van der Waals surface area (Å²) in [5, 5.41) is 52.1. The Bertz CT molecular complexity index is 2670. The fourth-order valence-electron chi connectivity index (χ4n) is 5.49. The third kappa shape index (κ3) is 18.0. The Hall–Kier alpha value is -9.40. The lowest BCUT2D eigenvalue weighted by Crippen LogP contribution is -2.22. The molecule has 0 saturated heterocycles. The first-order valence-corrected chi connectivity index (χ1v) is 19.4. The monoisotopic (exact) mass is 930 g/mol. The molecule has 0 atom stereocenters. The highest BCUT2D eigenvalue weighted by Crippen LogP contribution is 2.17. The van der Waals surface area contributed by atoms with Crippen LogP contribution in [0.3, 0.4) is 0 Å². The van der Waals surface area contributed by atoms with Gasteiger partial charge in [-0.3, -0.25) is 9.59 Å². The number of benzene rings is 4. The summed E-state index contributed by atoms with van der Waals surface area (Å²) in [4.78, 5) is 93.5. The molecule has 0 unspecified atom stereocenters. The zero-order chi connectivity index (χ0) is 51.7. The van der Waals surface area contributed by atoms with Crippen LogP contribution in [-0.2, 0) is 44.6 Å². The van der Waals surface area contributed by atoms with Gasteiger partial charge in [-0.25, -0.2) is 28.8 Å². The van der Waals surface area contributed by atoms with Crippen LogP contribution in [0.15, 0.2) is 72.8 Å². The van der Waals surface area contributed by atoms with E-state index in [0.717, 1.165) is 0 Å². The van der Waals surface area contributed by atoms with E-state index in [4.69, 9.17) is 31.3 Å². The molecular formula is C48H46N6O14. The maximum atomic E-state index is 11.9. The quantitative estimate of drug-likeness (QED) is 0.140. The molecule has 0 aliphatic rings. The summed E-state index contributed by atoms with van der Waals surface area (Å²) >= 11 is 0. The molecule has 0 spiro atoms. The van der Waals surface area contributed by atoms with Crippen molar-refractivity contribution in [3.63, 3.8) is 0 Å². The minimum atomic E-state index is -1.15. The normalized spacial score (nSPS) is 9.35. The van der Waals surface area contributed by atoms with Crippen molar-refractivity contribution in [3.8, 4) is 24.3 Å². The number of rotatable bonds is 12. The number of hydrogen-bond acceptors (Lipinski definition) is 16. The zero-order valence-electron chi connectivity index (χ0n) is 38.2. The molecule has 20 nitrogen and oxygen atoms in total. The number of carbonyl (C=O) groups excluding carboxylic acids is 6. The molecule has 0 aromatic heterocycles. The predicted molar refractivity (Wildman–Crippen MR) is 238 cm³/mol. The number of amides is 2. The summed E-state index contributed by atoms with van der Waals surface area (Å²) in [7, 11) is 11.4. The molecule has 4 aromatic carbocycles. The zero-order valence-corrected chi connectivity index (χ0v) is 38.2. The first-order valence-electron chi connectivity index (χ1n) is 19.4. The molecule has 68 heavy (non-hydrogen) atoms. The van der Waals surface area contributed by atoms with Gasteiger partial charge in [0.2, 0.25) is 0 Å². The second-order valence-electron chi connectivity index (χ2n) is 14.0. The van der Waals surface area contributed by atoms with Gasteiger partial charge in [0.05, 0.1) is 112 Å². The molecule has 4 aromatic rings. The Morgan fingerprint density at radius 1 is 0.382 bits per heavy atom. The highest BCUT2D eigenvalue weighted by atomic mass is 16.5. The molecule has 0 bridgehead atoms. The summed E-state index contributed by atoms with van der Waals surface area (Å²) in [6.45, 7) is 0. The highest BCUT2D eigenvalue weighted by molar-refractivity contribution is 5.99. The van der Waals surface area contributed by atoms with Crippen LogP contribution in [0.4, 0.5) is 0 Å². The van der Waals surface area contributed by atoms with Gasteiger partial charge in [-0.1, -0.05) is 0 Å². The number of carboxylic acid groups (broad SMARTS) is 2. The summed E-state index contributed by atoms with van der Waals surface area (Å²) in [5.74, 6) is -5.04. The average Bonchev–Trinajstić information content (AvgIpc) is 3.32. The third-order valence-corrected chi connectivity index (χ3v) is 8.59. The van der Waals surface area contributed by atoms with Gasteiger partial charge in [0.15, 0.2) is 0 Å². The van der Waals surface area contributed by atoms with Crippen LogP contribution >= 0.6 is 0 Å². The molecule has 0 saturated carbocycles. The van der Waals surface area contributed by atoms with Crippen molar-refractivity contribution < 1.29 is 67.5 Å². The largest absolute Gasteiger partial charge is 0.478 e. The van der Waals surface area contributed by atoms with Crippen molar-refractivity contribution in [2.75, 3.05) is 56.6 Å². The van der Waals surface area contributed by atoms with E-state index in [0.29, 0.717) is 27.8 Å². The maximum Gasteiger partial charge on any atom is 0.337 e. The summed E-state index contributed by atoms with van der Waals surface area (Å²) < 4.78 is 18.2. The molecule has 0 fully saturated rings. The number of nitrogens with zero attached hydrogens (tertiary/aromatic N) is 6. The first kappa shape index (κ1) is 56.6. The number of methoxy groups -OCH3 is 4. The lowest BCUT2D eigenvalue weighted by molar-refractivity contribution is 0.0585. The van der Waals surface area contributed by atoms with Gasteiger partial charge in [0, 0.05) is 39.3 Å². The summed E-state index contributed by atoms with van der Waals surface area (Å²) in [5.41, 5.74) is 3.66. The smallest absolute Gasteiger partial charge is 0.337 e. The average molecular weight is 931 g/mol. The van der Waals surface area contributed by atoms with Gasteiger partial charge < -0.3 is 39.0 Å². The molecule has 0 aliphatic carbocycles. The van der Waals surface area contributed by atoms with Crippen LogP contribution in [-0.4, -0.2) is 124 Å². The van der Waals surface area contributed by atoms with Crippen molar-refractivity contribution >= 4 is 47.6 Å². The SMILES string of the molecule is CN(C)C(=O)c1cc(CC#N)cc(C(=O)O)c1.COC(=O)c1cc(CC#N)cc(C(=O)N(C)C)c1.COC(=O)c1cc(CC#N)cc(C(=O)O)c1.COC(=O)c1cc(CC#N)cc(C(=O)OC)c1. The summed E-state index contributed by atoms with van der Waals surface area (Å²) in [6.07, 6.45) is 0.368. The molecule has 352 valence electrons. The predicted octanol–water partition coefficient (Wildman–Crippen LogP) is 4.96. The minimum Gasteiger partial charge on any atom is -0.478 e. The Kier molecular flexibility index (Phi) is 23.6. The topological polar surface area (TPSA) is 316 Å². The van der Waals surface area contributed by atoms with Crippen LogP contribution in [0.5, 0.6) is 0 Å². The van der Waals surface area contributed by atoms with Crippen molar-refractivity contribution in [1.29, 1.82) is 21.0 Å².